The summed E-state index contributed by atoms with van der Waals surface area (Å²) in [6.07, 6.45) is 8.91. The number of nitrogens with one attached hydrogen (secondary N) is 1. The molecule has 3 spiro atoms. The lowest BCUT2D eigenvalue weighted by Crippen LogP contribution is -2.73. The molecule has 0 amide bonds. The first-order valence-electron chi connectivity index (χ1n) is 9.42. The minimum Gasteiger partial charge on any atom is -0.378 e. The summed E-state index contributed by atoms with van der Waals surface area (Å²) >= 11 is 0. The fraction of sp³-hybridized carbons (Fsp3) is 0.700. The Labute approximate surface area is 132 Å². The molecule has 22 heavy (non-hydrogen) atoms. The zero-order valence-corrected chi connectivity index (χ0v) is 13.1. The molecule has 4 saturated carbocycles. The number of piperidine rings is 1. The zero-order chi connectivity index (χ0) is 14.2. The summed E-state index contributed by atoms with van der Waals surface area (Å²) in [7, 11) is 0. The van der Waals surface area contributed by atoms with Crippen molar-refractivity contribution in [3.63, 3.8) is 0 Å². The van der Waals surface area contributed by atoms with Crippen LogP contribution >= 0.6 is 0 Å². The lowest BCUT2D eigenvalue weighted by molar-refractivity contribution is -0.112. The molecule has 4 aliphatic carbocycles. The average Bonchev–Trinajstić information content (AvgIpc) is 3.08. The van der Waals surface area contributed by atoms with Crippen LogP contribution < -0.4 is 5.32 Å². The van der Waals surface area contributed by atoms with E-state index in [0.717, 1.165) is 17.9 Å². The third-order valence-electron chi connectivity index (χ3n) is 9.00. The van der Waals surface area contributed by atoms with Crippen molar-refractivity contribution in [2.75, 3.05) is 18.4 Å². The highest BCUT2D eigenvalue weighted by Gasteiger charge is 2.83. The van der Waals surface area contributed by atoms with Crippen molar-refractivity contribution in [3.05, 3.63) is 29.8 Å². The van der Waals surface area contributed by atoms with E-state index in [1.54, 1.807) is 5.56 Å². The van der Waals surface area contributed by atoms with Crippen LogP contribution in [0.1, 0.15) is 44.1 Å². The minimum absolute atomic E-state index is 0.417. The molecular weight excluding hydrogens is 268 g/mol. The van der Waals surface area contributed by atoms with Crippen LogP contribution in [-0.2, 0) is 5.41 Å². The molecule has 1 N–H and O–H groups in total. The Kier molecular flexibility index (Phi) is 1.64. The maximum Gasteiger partial charge on any atom is 0.0518 e. The number of anilines is 1. The first-order chi connectivity index (χ1) is 10.8. The molecule has 114 valence electrons. The van der Waals surface area contributed by atoms with Crippen molar-refractivity contribution in [2.24, 2.45) is 17.3 Å². The van der Waals surface area contributed by atoms with Crippen LogP contribution in [0.2, 0.25) is 0 Å². The summed E-state index contributed by atoms with van der Waals surface area (Å²) in [6.45, 7) is 2.76. The lowest BCUT2D eigenvalue weighted by atomic mass is 9.41. The maximum atomic E-state index is 4.15. The van der Waals surface area contributed by atoms with Crippen molar-refractivity contribution in [2.45, 2.75) is 55.5 Å². The van der Waals surface area contributed by atoms with Crippen molar-refractivity contribution in [3.8, 4) is 0 Å². The summed E-state index contributed by atoms with van der Waals surface area (Å²) in [5, 5.41) is 4.15. The first kappa shape index (κ1) is 11.5. The molecule has 0 aromatic heterocycles. The molecule has 2 heteroatoms. The molecular formula is C20H24N2. The van der Waals surface area contributed by atoms with Crippen molar-refractivity contribution in [1.29, 1.82) is 0 Å². The Balaban J connectivity index is 1.61. The SMILES string of the molecule is c1ccc2c(c1)NC13CCC45CCCN6CC(CC1C4)C23C65. The molecule has 3 aliphatic heterocycles. The molecule has 6 unspecified atom stereocenters. The van der Waals surface area contributed by atoms with Gasteiger partial charge in [-0.25, -0.2) is 0 Å². The van der Waals surface area contributed by atoms with Gasteiger partial charge in [-0.1, -0.05) is 18.2 Å². The van der Waals surface area contributed by atoms with Gasteiger partial charge >= 0.3 is 0 Å². The molecule has 1 aromatic carbocycles. The summed E-state index contributed by atoms with van der Waals surface area (Å²) in [5.41, 5.74) is 4.74. The van der Waals surface area contributed by atoms with Gasteiger partial charge in [0.25, 0.3) is 0 Å². The fourth-order valence-electron chi connectivity index (χ4n) is 8.91. The quantitative estimate of drug-likeness (QED) is 0.788. The third-order valence-corrected chi connectivity index (χ3v) is 9.00. The van der Waals surface area contributed by atoms with Gasteiger partial charge in [0.15, 0.2) is 0 Å². The molecule has 3 heterocycles. The number of para-hydroxylation sites is 1. The predicted octanol–water partition coefficient (Wildman–Crippen LogP) is 3.39. The van der Waals surface area contributed by atoms with E-state index < -0.39 is 0 Å². The number of nitrogens with zero attached hydrogens (tertiary/aromatic N) is 1. The molecule has 1 aromatic rings. The Morgan fingerprint density at radius 2 is 2.05 bits per heavy atom. The minimum atomic E-state index is 0.417. The predicted molar refractivity (Wildman–Crippen MR) is 86.9 cm³/mol. The van der Waals surface area contributed by atoms with Crippen LogP contribution in [0.5, 0.6) is 0 Å². The largest absolute Gasteiger partial charge is 0.378 e. The Bertz CT molecular complexity index is 713. The Hall–Kier alpha value is -1.02. The monoisotopic (exact) mass is 292 g/mol. The number of benzene rings is 1. The van der Waals surface area contributed by atoms with E-state index >= 15 is 0 Å². The van der Waals surface area contributed by atoms with Crippen LogP contribution in [0.15, 0.2) is 24.3 Å². The molecule has 8 rings (SSSR count). The fourth-order valence-corrected chi connectivity index (χ4v) is 8.91. The summed E-state index contributed by atoms with van der Waals surface area (Å²) in [6, 6.07) is 10.2. The molecule has 6 atom stereocenters. The van der Waals surface area contributed by atoms with Gasteiger partial charge in [0, 0.05) is 23.7 Å². The van der Waals surface area contributed by atoms with Crippen LogP contribution in [0.25, 0.3) is 0 Å². The zero-order valence-electron chi connectivity index (χ0n) is 13.1. The molecule has 4 bridgehead atoms. The number of fused-ring (bicyclic) bond motifs is 2. The Morgan fingerprint density at radius 3 is 3.05 bits per heavy atom. The lowest BCUT2D eigenvalue weighted by Gasteiger charge is -2.67. The number of rotatable bonds is 0. The van der Waals surface area contributed by atoms with Gasteiger partial charge in [0.2, 0.25) is 0 Å². The van der Waals surface area contributed by atoms with Gasteiger partial charge in [0.05, 0.1) is 5.54 Å². The second-order valence-electron chi connectivity index (χ2n) is 9.21. The number of hydrogen-bond donors (Lipinski definition) is 1. The van der Waals surface area contributed by atoms with Crippen LogP contribution in [0, 0.1) is 17.3 Å². The highest BCUT2D eigenvalue weighted by molar-refractivity contribution is 5.70. The first-order valence-corrected chi connectivity index (χ1v) is 9.42. The average molecular weight is 292 g/mol. The number of hydrogen-bond acceptors (Lipinski definition) is 2. The Morgan fingerprint density at radius 1 is 1.09 bits per heavy atom. The van der Waals surface area contributed by atoms with Gasteiger partial charge < -0.3 is 5.32 Å². The summed E-state index contributed by atoms with van der Waals surface area (Å²) in [4.78, 5) is 2.95. The second-order valence-corrected chi connectivity index (χ2v) is 9.21. The van der Waals surface area contributed by atoms with E-state index in [0.29, 0.717) is 16.4 Å². The second kappa shape index (κ2) is 3.13. The van der Waals surface area contributed by atoms with E-state index in [1.807, 2.05) is 0 Å². The van der Waals surface area contributed by atoms with Crippen LogP contribution in [-0.4, -0.2) is 29.6 Å². The van der Waals surface area contributed by atoms with Crippen molar-refractivity contribution < 1.29 is 0 Å². The summed E-state index contributed by atoms with van der Waals surface area (Å²) in [5.74, 6) is 1.86. The van der Waals surface area contributed by atoms with Crippen LogP contribution in [0.3, 0.4) is 0 Å². The van der Waals surface area contributed by atoms with Gasteiger partial charge in [0.1, 0.15) is 0 Å². The molecule has 0 radical (unpaired) electrons. The van der Waals surface area contributed by atoms with E-state index in [1.165, 1.54) is 57.3 Å². The van der Waals surface area contributed by atoms with Gasteiger partial charge in [-0.05, 0) is 74.0 Å². The van der Waals surface area contributed by atoms with E-state index in [-0.39, 0.29) is 0 Å². The van der Waals surface area contributed by atoms with Gasteiger partial charge in [-0.3, -0.25) is 4.90 Å². The molecule has 7 aliphatic rings. The standard InChI is InChI=1S/C20H24N2/c1-2-5-16-15(4-1)20-14-10-13-11-18(7-8-19(13,20)21-16)6-3-9-22(12-14)17(18)20/h1-2,4-5,13-14,17,21H,3,6-12H2. The van der Waals surface area contributed by atoms with Gasteiger partial charge in [-0.15, -0.1) is 0 Å². The van der Waals surface area contributed by atoms with Crippen molar-refractivity contribution in [1.82, 2.24) is 4.90 Å². The van der Waals surface area contributed by atoms with E-state index in [4.69, 9.17) is 0 Å². The van der Waals surface area contributed by atoms with Crippen molar-refractivity contribution >= 4 is 5.69 Å². The highest BCUT2D eigenvalue weighted by atomic mass is 15.3. The smallest absolute Gasteiger partial charge is 0.0518 e. The molecule has 2 nitrogen and oxygen atoms in total. The molecule has 6 fully saturated rings. The van der Waals surface area contributed by atoms with E-state index in [9.17, 15) is 0 Å². The third kappa shape index (κ3) is 0.850. The topological polar surface area (TPSA) is 15.3 Å². The normalized spacial score (nSPS) is 55.9. The molecule has 2 saturated heterocycles. The van der Waals surface area contributed by atoms with E-state index in [2.05, 4.69) is 34.5 Å². The summed E-state index contributed by atoms with van der Waals surface area (Å²) < 4.78 is 0. The van der Waals surface area contributed by atoms with Crippen LogP contribution in [0.4, 0.5) is 5.69 Å². The highest BCUT2D eigenvalue weighted by Crippen LogP contribution is 2.80. The maximum absolute atomic E-state index is 4.15. The van der Waals surface area contributed by atoms with Gasteiger partial charge in [-0.2, -0.15) is 0 Å².